The van der Waals surface area contributed by atoms with Crippen LogP contribution in [0.3, 0.4) is 0 Å². The highest BCUT2D eigenvalue weighted by Gasteiger charge is 2.47. The number of piperidine rings is 4. The molecule has 120 heavy (non-hydrogen) atoms. The van der Waals surface area contributed by atoms with Crippen molar-refractivity contribution in [3.63, 3.8) is 0 Å². The van der Waals surface area contributed by atoms with E-state index in [0.29, 0.717) is 82.3 Å². The molecule has 4 aromatic rings. The van der Waals surface area contributed by atoms with Crippen molar-refractivity contribution in [1.82, 2.24) is 19.6 Å². The molecule has 0 radical (unpaired) electrons. The van der Waals surface area contributed by atoms with E-state index in [1.54, 1.807) is 99.3 Å². The van der Waals surface area contributed by atoms with Crippen LogP contribution in [0.2, 0.25) is 0 Å². The van der Waals surface area contributed by atoms with Crippen LogP contribution in [-0.2, 0) is 63.8 Å². The van der Waals surface area contributed by atoms with E-state index in [2.05, 4.69) is 0 Å². The van der Waals surface area contributed by atoms with Gasteiger partial charge in [-0.25, -0.2) is 0 Å². The molecule has 20 atom stereocenters. The Morgan fingerprint density at radius 2 is 0.542 bits per heavy atom. The van der Waals surface area contributed by atoms with Crippen molar-refractivity contribution in [2.45, 2.75) is 260 Å². The lowest BCUT2D eigenvalue weighted by molar-refractivity contribution is -0.161. The third-order valence-electron chi connectivity index (χ3n) is 22.6. The van der Waals surface area contributed by atoms with Crippen molar-refractivity contribution in [3.8, 4) is 46.0 Å². The molecule has 4 fully saturated rings. The van der Waals surface area contributed by atoms with Crippen LogP contribution in [0.15, 0.2) is 48.5 Å². The van der Waals surface area contributed by atoms with Crippen LogP contribution in [0.25, 0.3) is 0 Å². The van der Waals surface area contributed by atoms with E-state index >= 15 is 0 Å². The van der Waals surface area contributed by atoms with Crippen LogP contribution in [-0.4, -0.2) is 201 Å². The summed E-state index contributed by atoms with van der Waals surface area (Å²) in [7, 11) is 2.97. The van der Waals surface area contributed by atoms with Gasteiger partial charge in [-0.2, -0.15) is 0 Å². The lowest BCUT2D eigenvalue weighted by Crippen LogP contribution is -2.51. The zero-order valence-corrected chi connectivity index (χ0v) is 72.5. The summed E-state index contributed by atoms with van der Waals surface area (Å²) in [6.07, 6.45) is -21.9. The first-order chi connectivity index (χ1) is 71.3. The Balaban J connectivity index is 0.000000233. The highest BCUT2D eigenvalue weighted by molar-refractivity contribution is 5.77. The lowest BCUT2D eigenvalue weighted by atomic mass is 9.79. The Hall–Kier alpha value is -7.16. The van der Waals surface area contributed by atoms with Gasteiger partial charge in [0.25, 0.3) is 0 Å². The Morgan fingerprint density at radius 1 is 0.350 bits per heavy atom. The summed E-state index contributed by atoms with van der Waals surface area (Å²) in [4.78, 5) is 58.6. The second-order valence-corrected chi connectivity index (χ2v) is 32.4. The molecule has 0 saturated carbocycles. The molecule has 24 nitrogen and oxygen atoms in total. The third kappa shape index (κ3) is 23.8. The summed E-state index contributed by atoms with van der Waals surface area (Å²) in [6, 6.07) is 1.08. The molecule has 12 rings (SSSR count). The molecule has 8 N–H and O–H groups in total. The van der Waals surface area contributed by atoms with E-state index in [1.807, 2.05) is 0 Å². The van der Waals surface area contributed by atoms with Gasteiger partial charge in [0.1, 0.15) is 48.5 Å². The Labute approximate surface area is 772 Å². The Morgan fingerprint density at radius 3 is 0.717 bits per heavy atom. The zero-order chi connectivity index (χ0) is 121. The number of rotatable bonds is 28. The van der Waals surface area contributed by atoms with E-state index in [0.717, 1.165) is 38.8 Å². The van der Waals surface area contributed by atoms with E-state index in [4.69, 9.17) is 121 Å². The summed E-state index contributed by atoms with van der Waals surface area (Å²) >= 11 is 0. The molecule has 0 spiro atoms. The number of esters is 4. The second-order valence-electron chi connectivity index (χ2n) is 32.4. The van der Waals surface area contributed by atoms with Crippen LogP contribution in [0, 0.1) is 70.9 Å². The Bertz CT molecular complexity index is 5480. The molecule has 0 aromatic heterocycles. The molecule has 672 valence electrons. The molecule has 0 aliphatic carbocycles. The predicted octanol–water partition coefficient (Wildman–Crippen LogP) is 14.3. The van der Waals surface area contributed by atoms with E-state index in [-0.39, 0.29) is 86.9 Å². The average Bonchev–Trinajstić information content (AvgIpc) is 0.709. The van der Waals surface area contributed by atoms with E-state index in [1.165, 1.54) is 66.9 Å². The molecule has 24 heteroatoms. The fourth-order valence-corrected chi connectivity index (χ4v) is 15.6. The number of methoxy groups -OCH3 is 8. The van der Waals surface area contributed by atoms with Crippen molar-refractivity contribution in [2.24, 2.45) is 93.9 Å². The lowest BCUT2D eigenvalue weighted by Gasteiger charge is -2.47. The minimum absolute atomic E-state index is 0.0151. The van der Waals surface area contributed by atoms with Gasteiger partial charge in [0, 0.05) is 159 Å². The molecule has 8 aliphatic rings. The molecule has 4 saturated heterocycles. The molecular weight excluding hydrogens is 1520 g/mol. The number of carbonyl (C=O) groups is 4. The molecule has 8 heterocycles. The summed E-state index contributed by atoms with van der Waals surface area (Å²) in [5, 5.41) is 0. The molecule has 0 amide bonds. The zero-order valence-electron chi connectivity index (χ0n) is 110. The minimum atomic E-state index is -3.09. The number of ether oxygens (including phenoxy) is 12. The second kappa shape index (κ2) is 43.9. The maximum absolute atomic E-state index is 13.1. The number of carbonyl (C=O) groups excluding carboxylic acids is 4. The highest BCUT2D eigenvalue weighted by Crippen LogP contribution is 2.50. The summed E-state index contributed by atoms with van der Waals surface area (Å²) < 4.78 is 384. The summed E-state index contributed by atoms with van der Waals surface area (Å²) in [6.45, 7) is 4.50. The number of fused-ring (bicyclic) bond motifs is 12. The number of hydrogen-bond donors (Lipinski definition) is 4. The van der Waals surface area contributed by atoms with Crippen molar-refractivity contribution in [3.05, 3.63) is 93.0 Å². The largest absolute Gasteiger partial charge is 0.493 e. The molecule has 4 aromatic carbocycles. The molecular formula is C96H152N8O16. The topological polar surface area (TPSA) is 296 Å². The molecule has 8 aliphatic heterocycles. The fourth-order valence-electron chi connectivity index (χ4n) is 15.6. The highest BCUT2D eigenvalue weighted by atomic mass is 16.6. The van der Waals surface area contributed by atoms with Gasteiger partial charge in [-0.3, -0.25) is 38.8 Å². The van der Waals surface area contributed by atoms with E-state index < -0.39 is 248 Å². The first-order valence-corrected chi connectivity index (χ1v) is 40.6. The summed E-state index contributed by atoms with van der Waals surface area (Å²) in [5.74, 6) is -21.0. The Kier molecular flexibility index (Phi) is 20.5. The summed E-state index contributed by atoms with van der Waals surface area (Å²) in [5.41, 5.74) is 28.1. The first kappa shape index (κ1) is 55.9. The molecule has 0 bridgehead atoms. The standard InChI is InChI=1S/4C24H38N2O4/c4*1-14(2)9-17-13-26-8-7-16-10-21(28-5)22(29-6)11-18(16)19(26)12-20(17)30-24(27)23(25)15(3)4/h4*10-11,14-15,17,19-20,23H,7-9,12-13,25H2,1-6H3/t4*17?,19?,20?,23-/m0000/s1/i2*1D3,5D3,9D2,14D,19D,20D;2*1D3,9D2,14D,19D,20D/t4*14?,17?,19?,20?,23-. The number of benzene rings is 4. The van der Waals surface area contributed by atoms with Crippen molar-refractivity contribution in [1.29, 1.82) is 0 Å². The van der Waals surface area contributed by atoms with Gasteiger partial charge in [0.15, 0.2) is 46.0 Å². The van der Waals surface area contributed by atoms with Crippen molar-refractivity contribution >= 4 is 23.9 Å². The third-order valence-corrected chi connectivity index (χ3v) is 22.6. The first-order valence-electron chi connectivity index (χ1n) is 59.6. The van der Waals surface area contributed by atoms with Gasteiger partial charge in [-0.15, -0.1) is 0 Å². The van der Waals surface area contributed by atoms with Gasteiger partial charge < -0.3 is 79.8 Å². The van der Waals surface area contributed by atoms with E-state index in [9.17, 15) is 30.1 Å². The predicted molar refractivity (Wildman–Crippen MR) is 471 cm³/mol. The van der Waals surface area contributed by atoms with Crippen LogP contribution >= 0.6 is 0 Å². The molecule has 16 unspecified atom stereocenters. The van der Waals surface area contributed by atoms with Gasteiger partial charge in [0.2, 0.25) is 0 Å². The van der Waals surface area contributed by atoms with Crippen LogP contribution in [0.5, 0.6) is 46.0 Å². The van der Waals surface area contributed by atoms with Crippen LogP contribution in [0.1, 0.15) is 282 Å². The maximum Gasteiger partial charge on any atom is 0.323 e. The monoisotopic (exact) mass is 1710 g/mol. The van der Waals surface area contributed by atoms with Gasteiger partial charge in [-0.1, -0.05) is 110 Å². The van der Waals surface area contributed by atoms with Crippen molar-refractivity contribution < 1.29 is 128 Å². The van der Waals surface area contributed by atoms with Gasteiger partial charge >= 0.3 is 23.9 Å². The average molecular weight is 1710 g/mol. The normalized spacial score (nSPS) is 37.5. The fraction of sp³-hybridized carbons (Fsp3) is 0.708. The maximum atomic E-state index is 13.1. The van der Waals surface area contributed by atoms with Gasteiger partial charge in [-0.05, 0) is 191 Å². The van der Waals surface area contributed by atoms with Crippen molar-refractivity contribution in [2.75, 3.05) is 109 Å². The van der Waals surface area contributed by atoms with Crippen LogP contribution in [0.4, 0.5) is 0 Å². The smallest absolute Gasteiger partial charge is 0.323 e. The SMILES string of the molecule is [2H]C([2H])([2H])Oc1cc2c(cc1OC)C1([2H])CC([2H])(OC(=O)[C@@H](N)C(C)C)C(C([2H])([2H])C([2H])(C)C([2H])([2H])[2H])CN1CC2.[2H]C([2H])([2H])Oc1cc2c(cc1OC)C1([2H])CC([2H])(OC(=O)[C@@H](N)C(C)C)C(C([2H])([2H])C([2H])(C)C([2H])([2H])[2H])CN1CC2.[2H]C1(OC(=O)[C@@H](N)C(C)C)CC2([2H])c3cc(OC)c(OC)cc3CCN2CC1C([2H])([2H])C([2H])(C)C([2H])([2H])[2H].[2H]C1(OC(=O)[C@@H](N)C(C)C)CC2([2H])c3cc(OC)c(OC)cc3CCN2CC1C([2H])([2H])C([2H])(C)C([2H])([2H])[2H]. The quantitative estimate of drug-likeness (QED) is 0.0303. The number of nitrogens with zero attached hydrogens (tertiary/aromatic N) is 4. The van der Waals surface area contributed by atoms with Gasteiger partial charge in [0.05, 0.1) is 75.9 Å². The number of nitrogens with two attached hydrogens (primary N) is 4. The minimum Gasteiger partial charge on any atom is -0.493 e. The number of hydrogen-bond acceptors (Lipinski definition) is 24. The van der Waals surface area contributed by atoms with Crippen LogP contribution < -0.4 is 60.8 Å².